The number of nitrogens with zero attached hydrogens (tertiary/aromatic N) is 1. The lowest BCUT2D eigenvalue weighted by Crippen LogP contribution is -2.50. The molecule has 3 heteroatoms. The number of fused-ring (bicyclic) bond motifs is 1. The van der Waals surface area contributed by atoms with Gasteiger partial charge in [0.2, 0.25) is 0 Å². The fraction of sp³-hybridized carbons (Fsp3) is 1.00. The quantitative estimate of drug-likeness (QED) is 0.762. The van der Waals surface area contributed by atoms with Crippen molar-refractivity contribution in [1.82, 2.24) is 10.2 Å². The predicted molar refractivity (Wildman–Crippen MR) is 75.9 cm³/mol. The summed E-state index contributed by atoms with van der Waals surface area (Å²) in [6.45, 7) is 12.4. The van der Waals surface area contributed by atoms with Crippen LogP contribution in [0.1, 0.15) is 46.5 Å². The van der Waals surface area contributed by atoms with Crippen LogP contribution >= 0.6 is 0 Å². The highest BCUT2D eigenvalue weighted by atomic mass is 16.5. The van der Waals surface area contributed by atoms with E-state index >= 15 is 0 Å². The maximum Gasteiger partial charge on any atom is 0.0730 e. The summed E-state index contributed by atoms with van der Waals surface area (Å²) in [6.07, 6.45) is 5.75. The second-order valence-electron chi connectivity index (χ2n) is 7.00. The minimum absolute atomic E-state index is 0.447. The first kappa shape index (κ1) is 14.3. The van der Waals surface area contributed by atoms with Crippen molar-refractivity contribution in [2.24, 2.45) is 5.41 Å². The Kier molecular flexibility index (Phi) is 5.05. The molecule has 1 N–H and O–H groups in total. The summed E-state index contributed by atoms with van der Waals surface area (Å²) in [5.74, 6) is 0. The van der Waals surface area contributed by atoms with Crippen molar-refractivity contribution in [2.45, 2.75) is 58.6 Å². The summed E-state index contributed by atoms with van der Waals surface area (Å²) in [5.41, 5.74) is 0.447. The Labute approximate surface area is 112 Å². The second-order valence-corrected chi connectivity index (χ2v) is 7.00. The van der Waals surface area contributed by atoms with Gasteiger partial charge in [0.25, 0.3) is 0 Å². The van der Waals surface area contributed by atoms with E-state index in [-0.39, 0.29) is 0 Å². The third-order valence-corrected chi connectivity index (χ3v) is 4.22. The van der Waals surface area contributed by atoms with Gasteiger partial charge in [-0.15, -0.1) is 0 Å². The molecule has 3 nitrogen and oxygen atoms in total. The molecule has 18 heavy (non-hydrogen) atoms. The monoisotopic (exact) mass is 254 g/mol. The third-order valence-electron chi connectivity index (χ3n) is 4.22. The molecule has 0 bridgehead atoms. The summed E-state index contributed by atoms with van der Waals surface area (Å²) in [7, 11) is 0. The highest BCUT2D eigenvalue weighted by Crippen LogP contribution is 2.29. The fourth-order valence-electron chi connectivity index (χ4n) is 3.09. The van der Waals surface area contributed by atoms with E-state index in [0.29, 0.717) is 17.6 Å². The number of morpholine rings is 1. The lowest BCUT2D eigenvalue weighted by molar-refractivity contribution is -0.0548. The topological polar surface area (TPSA) is 24.5 Å². The Balaban J connectivity index is 1.61. The van der Waals surface area contributed by atoms with Crippen LogP contribution < -0.4 is 5.32 Å². The molecule has 1 saturated carbocycles. The van der Waals surface area contributed by atoms with Crippen LogP contribution in [0.2, 0.25) is 0 Å². The molecular weight excluding hydrogens is 224 g/mol. The van der Waals surface area contributed by atoms with Crippen LogP contribution in [0, 0.1) is 5.41 Å². The van der Waals surface area contributed by atoms with E-state index in [1.54, 1.807) is 0 Å². The lowest BCUT2D eigenvalue weighted by Gasteiger charge is -2.37. The molecule has 0 amide bonds. The van der Waals surface area contributed by atoms with Gasteiger partial charge in [-0.1, -0.05) is 20.8 Å². The first-order chi connectivity index (χ1) is 8.56. The molecule has 0 radical (unpaired) electrons. The van der Waals surface area contributed by atoms with E-state index in [9.17, 15) is 0 Å². The molecule has 0 aromatic heterocycles. The van der Waals surface area contributed by atoms with Crippen LogP contribution in [-0.2, 0) is 4.74 Å². The summed E-state index contributed by atoms with van der Waals surface area (Å²) >= 11 is 0. The molecule has 106 valence electrons. The third kappa shape index (κ3) is 4.22. The number of ether oxygens (including phenoxy) is 1. The van der Waals surface area contributed by atoms with Crippen molar-refractivity contribution in [3.63, 3.8) is 0 Å². The highest BCUT2D eigenvalue weighted by Gasteiger charge is 2.35. The zero-order valence-electron chi connectivity index (χ0n) is 12.4. The van der Waals surface area contributed by atoms with Crippen LogP contribution in [-0.4, -0.2) is 49.8 Å². The zero-order valence-corrected chi connectivity index (χ0v) is 12.4. The fourth-order valence-corrected chi connectivity index (χ4v) is 3.09. The SMILES string of the molecule is CC(C)(C)CCNCCN1CCOC2CCCC21. The van der Waals surface area contributed by atoms with Gasteiger partial charge in [-0.3, -0.25) is 4.90 Å². The maximum absolute atomic E-state index is 5.84. The standard InChI is InChI=1S/C15H30N2O/c1-15(2,3)7-8-16-9-10-17-11-12-18-14-6-4-5-13(14)17/h13-14,16H,4-12H2,1-3H3. The van der Waals surface area contributed by atoms with Gasteiger partial charge in [0.15, 0.2) is 0 Å². The molecule has 2 rings (SSSR count). The molecule has 0 spiro atoms. The molecule has 2 fully saturated rings. The summed E-state index contributed by atoms with van der Waals surface area (Å²) < 4.78 is 5.84. The van der Waals surface area contributed by atoms with Crippen LogP contribution in [0.15, 0.2) is 0 Å². The minimum Gasteiger partial charge on any atom is -0.375 e. The van der Waals surface area contributed by atoms with E-state index < -0.39 is 0 Å². The van der Waals surface area contributed by atoms with Crippen molar-refractivity contribution >= 4 is 0 Å². The number of rotatable bonds is 5. The molecule has 2 unspecified atom stereocenters. The first-order valence-corrected chi connectivity index (χ1v) is 7.63. The van der Waals surface area contributed by atoms with Crippen LogP contribution in [0.3, 0.4) is 0 Å². The smallest absolute Gasteiger partial charge is 0.0730 e. The van der Waals surface area contributed by atoms with Gasteiger partial charge in [0.1, 0.15) is 0 Å². The van der Waals surface area contributed by atoms with E-state index in [1.165, 1.54) is 32.2 Å². The molecule has 0 aromatic rings. The molecule has 2 atom stereocenters. The van der Waals surface area contributed by atoms with Crippen molar-refractivity contribution in [3.8, 4) is 0 Å². The Morgan fingerprint density at radius 3 is 2.83 bits per heavy atom. The highest BCUT2D eigenvalue weighted by molar-refractivity contribution is 4.89. The maximum atomic E-state index is 5.84. The van der Waals surface area contributed by atoms with Crippen LogP contribution in [0.25, 0.3) is 0 Å². The molecule has 1 aliphatic carbocycles. The molecule has 1 aliphatic heterocycles. The summed E-state index contributed by atoms with van der Waals surface area (Å²) in [4.78, 5) is 2.64. The van der Waals surface area contributed by atoms with Gasteiger partial charge in [-0.2, -0.15) is 0 Å². The largest absolute Gasteiger partial charge is 0.375 e. The second kappa shape index (κ2) is 6.36. The van der Waals surface area contributed by atoms with Gasteiger partial charge in [0, 0.05) is 25.7 Å². The van der Waals surface area contributed by atoms with Crippen molar-refractivity contribution < 1.29 is 4.74 Å². The summed E-state index contributed by atoms with van der Waals surface area (Å²) in [6, 6.07) is 0.711. The molecule has 0 aromatic carbocycles. The average molecular weight is 254 g/mol. The predicted octanol–water partition coefficient (Wildman–Crippen LogP) is 2.27. The Morgan fingerprint density at radius 1 is 1.22 bits per heavy atom. The first-order valence-electron chi connectivity index (χ1n) is 7.63. The van der Waals surface area contributed by atoms with E-state index in [1.807, 2.05) is 0 Å². The van der Waals surface area contributed by atoms with E-state index in [2.05, 4.69) is 31.0 Å². The van der Waals surface area contributed by atoms with Crippen LogP contribution in [0.5, 0.6) is 0 Å². The minimum atomic E-state index is 0.447. The van der Waals surface area contributed by atoms with Gasteiger partial charge >= 0.3 is 0 Å². The Morgan fingerprint density at radius 2 is 2.06 bits per heavy atom. The van der Waals surface area contributed by atoms with Gasteiger partial charge < -0.3 is 10.1 Å². The van der Waals surface area contributed by atoms with Crippen molar-refractivity contribution in [2.75, 3.05) is 32.8 Å². The number of hydrogen-bond donors (Lipinski definition) is 1. The van der Waals surface area contributed by atoms with Crippen molar-refractivity contribution in [1.29, 1.82) is 0 Å². The van der Waals surface area contributed by atoms with Crippen LogP contribution in [0.4, 0.5) is 0 Å². The Bertz CT molecular complexity index is 249. The summed E-state index contributed by atoms with van der Waals surface area (Å²) in [5, 5.41) is 3.59. The van der Waals surface area contributed by atoms with Crippen molar-refractivity contribution in [3.05, 3.63) is 0 Å². The van der Waals surface area contributed by atoms with E-state index in [0.717, 1.165) is 26.2 Å². The number of hydrogen-bond acceptors (Lipinski definition) is 3. The lowest BCUT2D eigenvalue weighted by atomic mass is 9.92. The Hall–Kier alpha value is -0.120. The van der Waals surface area contributed by atoms with E-state index in [4.69, 9.17) is 4.74 Å². The molecule has 2 aliphatic rings. The number of nitrogens with one attached hydrogen (secondary N) is 1. The normalized spacial score (nSPS) is 29.5. The molecule has 1 heterocycles. The zero-order chi connectivity index (χ0) is 13.0. The average Bonchev–Trinajstić information content (AvgIpc) is 2.75. The van der Waals surface area contributed by atoms with Gasteiger partial charge in [0.05, 0.1) is 12.7 Å². The van der Waals surface area contributed by atoms with Gasteiger partial charge in [-0.25, -0.2) is 0 Å². The van der Waals surface area contributed by atoms with Gasteiger partial charge in [-0.05, 0) is 37.6 Å². The molecule has 1 saturated heterocycles. The molecular formula is C15H30N2O.